The monoisotopic (exact) mass is 321 g/mol. The molecule has 1 aliphatic rings. The van der Waals surface area contributed by atoms with Gasteiger partial charge in [-0.05, 0) is 46.1 Å². The predicted octanol–water partition coefficient (Wildman–Crippen LogP) is 2.19. The molecule has 0 radical (unpaired) electrons. The molecule has 22 heavy (non-hydrogen) atoms. The quantitative estimate of drug-likeness (QED) is 0.892. The number of fused-ring (bicyclic) bond motifs is 1. The van der Waals surface area contributed by atoms with Crippen molar-refractivity contribution in [3.8, 4) is 0 Å². The molecule has 0 bridgehead atoms. The maximum absolute atomic E-state index is 12.3. The second kappa shape index (κ2) is 6.71. The summed E-state index contributed by atoms with van der Waals surface area (Å²) in [4.78, 5) is 27.0. The zero-order chi connectivity index (χ0) is 16.3. The van der Waals surface area contributed by atoms with Crippen molar-refractivity contribution in [2.24, 2.45) is 0 Å². The van der Waals surface area contributed by atoms with Gasteiger partial charge in [-0.1, -0.05) is 0 Å². The minimum Gasteiger partial charge on any atom is -0.350 e. The fourth-order valence-electron chi connectivity index (χ4n) is 1.92. The van der Waals surface area contributed by atoms with Crippen LogP contribution in [0.3, 0.4) is 0 Å². The number of anilines is 1. The van der Waals surface area contributed by atoms with Crippen LogP contribution in [0.5, 0.6) is 0 Å². The van der Waals surface area contributed by atoms with Gasteiger partial charge in [0, 0.05) is 34.7 Å². The van der Waals surface area contributed by atoms with E-state index < -0.39 is 0 Å². The molecule has 120 valence electrons. The smallest absolute Gasteiger partial charge is 0.251 e. The highest BCUT2D eigenvalue weighted by atomic mass is 32.2. The molecule has 2 amide bonds. The Balaban J connectivity index is 2.09. The van der Waals surface area contributed by atoms with Crippen LogP contribution in [0, 0.1) is 0 Å². The fraction of sp³-hybridized carbons (Fsp3) is 0.500. The normalized spacial score (nSPS) is 15.0. The second-order valence-corrected chi connectivity index (χ2v) is 7.38. The number of carbonyl (C=O) groups is 2. The Morgan fingerprint density at radius 3 is 2.82 bits per heavy atom. The topological polar surface area (TPSA) is 61.4 Å². The van der Waals surface area contributed by atoms with Gasteiger partial charge in [-0.15, -0.1) is 11.8 Å². The third-order valence-corrected chi connectivity index (χ3v) is 5.07. The molecule has 0 unspecified atom stereocenters. The minimum absolute atomic E-state index is 0.00227. The lowest BCUT2D eigenvalue weighted by atomic mass is 10.0. The summed E-state index contributed by atoms with van der Waals surface area (Å²) in [7, 11) is 3.97. The summed E-state index contributed by atoms with van der Waals surface area (Å²) in [5, 5.41) is 5.81. The minimum atomic E-state index is -0.124. The Morgan fingerprint density at radius 1 is 1.41 bits per heavy atom. The molecule has 0 saturated heterocycles. The predicted molar refractivity (Wildman–Crippen MR) is 90.5 cm³/mol. The van der Waals surface area contributed by atoms with Crippen LogP contribution in [0.2, 0.25) is 0 Å². The molecule has 0 aromatic heterocycles. The van der Waals surface area contributed by atoms with Gasteiger partial charge in [0.2, 0.25) is 5.91 Å². The van der Waals surface area contributed by atoms with Gasteiger partial charge in [0.05, 0.1) is 5.69 Å². The van der Waals surface area contributed by atoms with Crippen molar-refractivity contribution in [1.82, 2.24) is 10.2 Å². The molecule has 1 heterocycles. The summed E-state index contributed by atoms with van der Waals surface area (Å²) >= 11 is 1.63. The summed E-state index contributed by atoms with van der Waals surface area (Å²) in [5.74, 6) is 0.639. The van der Waals surface area contributed by atoms with Crippen molar-refractivity contribution < 1.29 is 9.59 Å². The van der Waals surface area contributed by atoms with Gasteiger partial charge in [0.1, 0.15) is 0 Å². The lowest BCUT2D eigenvalue weighted by Crippen LogP contribution is -2.48. The van der Waals surface area contributed by atoms with E-state index in [2.05, 4.69) is 29.4 Å². The first-order valence-electron chi connectivity index (χ1n) is 7.32. The first-order valence-corrected chi connectivity index (χ1v) is 8.30. The number of benzene rings is 1. The first-order chi connectivity index (χ1) is 10.3. The van der Waals surface area contributed by atoms with Crippen molar-refractivity contribution in [2.45, 2.75) is 30.7 Å². The van der Waals surface area contributed by atoms with E-state index in [1.807, 2.05) is 20.2 Å². The van der Waals surface area contributed by atoms with E-state index in [9.17, 15) is 9.59 Å². The summed E-state index contributed by atoms with van der Waals surface area (Å²) in [5.41, 5.74) is 1.17. The van der Waals surface area contributed by atoms with Crippen LogP contribution in [-0.2, 0) is 4.79 Å². The van der Waals surface area contributed by atoms with Gasteiger partial charge >= 0.3 is 0 Å². The summed E-state index contributed by atoms with van der Waals surface area (Å²) in [6, 6.07) is 5.46. The Kier molecular flexibility index (Phi) is 5.13. The maximum atomic E-state index is 12.3. The average Bonchev–Trinajstić information content (AvgIpc) is 2.64. The van der Waals surface area contributed by atoms with Crippen molar-refractivity contribution in [3.63, 3.8) is 0 Å². The van der Waals surface area contributed by atoms with Gasteiger partial charge in [-0.25, -0.2) is 0 Å². The van der Waals surface area contributed by atoms with E-state index in [1.54, 1.807) is 23.9 Å². The third-order valence-electron chi connectivity index (χ3n) is 3.99. The van der Waals surface area contributed by atoms with Crippen LogP contribution < -0.4 is 10.6 Å². The molecule has 0 spiro atoms. The van der Waals surface area contributed by atoms with Crippen LogP contribution in [0.4, 0.5) is 5.69 Å². The molecule has 2 N–H and O–H groups in total. The van der Waals surface area contributed by atoms with Crippen LogP contribution in [0.15, 0.2) is 23.1 Å². The molecule has 0 atom stereocenters. The number of thioether (sulfide) groups is 1. The van der Waals surface area contributed by atoms with E-state index in [1.165, 1.54) is 0 Å². The maximum Gasteiger partial charge on any atom is 0.251 e. The number of rotatable bonds is 4. The van der Waals surface area contributed by atoms with Gasteiger partial charge in [0.15, 0.2) is 0 Å². The molecule has 0 fully saturated rings. The van der Waals surface area contributed by atoms with E-state index in [0.717, 1.165) is 16.3 Å². The van der Waals surface area contributed by atoms with Gasteiger partial charge in [-0.2, -0.15) is 0 Å². The Bertz CT molecular complexity index is 585. The van der Waals surface area contributed by atoms with Crippen molar-refractivity contribution >= 4 is 29.3 Å². The van der Waals surface area contributed by atoms with Gasteiger partial charge in [0.25, 0.3) is 5.91 Å². The summed E-state index contributed by atoms with van der Waals surface area (Å²) < 4.78 is 0. The van der Waals surface area contributed by atoms with Crippen molar-refractivity contribution in [1.29, 1.82) is 0 Å². The highest BCUT2D eigenvalue weighted by Gasteiger charge is 2.22. The Labute approximate surface area is 135 Å². The summed E-state index contributed by atoms with van der Waals surface area (Å²) in [6.07, 6.45) is 0.498. The molecule has 0 aliphatic carbocycles. The Hall–Kier alpha value is -1.53. The number of amides is 2. The standard InChI is InChI=1S/C16H23N3O2S/c1-16(2,19(3)4)10-17-15(21)11-5-6-13-12(9-11)18-14(20)7-8-22-13/h5-6,9H,7-8,10H2,1-4H3,(H,17,21)(H,18,20). The van der Waals surface area contributed by atoms with Crippen LogP contribution >= 0.6 is 11.8 Å². The fourth-order valence-corrected chi connectivity index (χ4v) is 2.86. The number of hydrogen-bond acceptors (Lipinski definition) is 4. The highest BCUT2D eigenvalue weighted by Crippen LogP contribution is 2.31. The van der Waals surface area contributed by atoms with Crippen LogP contribution in [-0.4, -0.2) is 48.6 Å². The van der Waals surface area contributed by atoms with Crippen LogP contribution in [0.25, 0.3) is 0 Å². The number of nitrogens with zero attached hydrogens (tertiary/aromatic N) is 1. The van der Waals surface area contributed by atoms with E-state index >= 15 is 0 Å². The first kappa shape index (κ1) is 16.8. The SMILES string of the molecule is CN(C)C(C)(C)CNC(=O)c1ccc2c(c1)NC(=O)CCS2. The lowest BCUT2D eigenvalue weighted by molar-refractivity contribution is -0.115. The highest BCUT2D eigenvalue weighted by molar-refractivity contribution is 7.99. The number of hydrogen-bond donors (Lipinski definition) is 2. The number of carbonyl (C=O) groups excluding carboxylic acids is 2. The van der Waals surface area contributed by atoms with Crippen molar-refractivity contribution in [3.05, 3.63) is 23.8 Å². The molecule has 5 nitrogen and oxygen atoms in total. The summed E-state index contributed by atoms with van der Waals surface area (Å²) in [6.45, 7) is 4.69. The van der Waals surface area contributed by atoms with E-state index in [-0.39, 0.29) is 17.4 Å². The molecule has 1 aliphatic heterocycles. The molecule has 1 aromatic carbocycles. The number of nitrogens with one attached hydrogen (secondary N) is 2. The average molecular weight is 321 g/mol. The van der Waals surface area contributed by atoms with Crippen LogP contribution in [0.1, 0.15) is 30.6 Å². The second-order valence-electron chi connectivity index (χ2n) is 6.25. The Morgan fingerprint density at radius 2 is 2.14 bits per heavy atom. The molecule has 2 rings (SSSR count). The molecular weight excluding hydrogens is 298 g/mol. The molecular formula is C16H23N3O2S. The van der Waals surface area contributed by atoms with E-state index in [0.29, 0.717) is 18.5 Å². The van der Waals surface area contributed by atoms with Gasteiger partial charge in [-0.3, -0.25) is 9.59 Å². The zero-order valence-corrected chi connectivity index (χ0v) is 14.3. The number of likely N-dealkylation sites (N-methyl/N-ethyl adjacent to an activating group) is 1. The molecule has 6 heteroatoms. The third kappa shape index (κ3) is 4.01. The largest absolute Gasteiger partial charge is 0.350 e. The molecule has 1 aromatic rings. The zero-order valence-electron chi connectivity index (χ0n) is 13.5. The lowest BCUT2D eigenvalue weighted by Gasteiger charge is -2.32. The molecule has 0 saturated carbocycles. The van der Waals surface area contributed by atoms with Crippen molar-refractivity contribution in [2.75, 3.05) is 31.7 Å². The van der Waals surface area contributed by atoms with E-state index in [4.69, 9.17) is 0 Å². The van der Waals surface area contributed by atoms with Gasteiger partial charge < -0.3 is 15.5 Å².